The number of hydrogen-bond acceptors (Lipinski definition) is 8. The van der Waals surface area contributed by atoms with E-state index >= 15 is 0 Å². The quantitative estimate of drug-likeness (QED) is 0.825. The third kappa shape index (κ3) is 3.65. The van der Waals surface area contributed by atoms with Crippen molar-refractivity contribution in [2.24, 2.45) is 0 Å². The van der Waals surface area contributed by atoms with Crippen LogP contribution in [0.25, 0.3) is 0 Å². The van der Waals surface area contributed by atoms with Gasteiger partial charge in [0.2, 0.25) is 5.95 Å². The van der Waals surface area contributed by atoms with E-state index < -0.39 is 5.79 Å². The number of nitrogens with zero attached hydrogens (tertiary/aromatic N) is 3. The van der Waals surface area contributed by atoms with E-state index in [0.717, 1.165) is 0 Å². The van der Waals surface area contributed by atoms with Crippen LogP contribution in [0.2, 0.25) is 0 Å². The highest BCUT2D eigenvalue weighted by Crippen LogP contribution is 2.22. The lowest BCUT2D eigenvalue weighted by atomic mass is 10.4. The summed E-state index contributed by atoms with van der Waals surface area (Å²) in [6.07, 6.45) is -0.0521. The van der Waals surface area contributed by atoms with Gasteiger partial charge in [0.1, 0.15) is 6.10 Å². The van der Waals surface area contributed by atoms with Crippen LogP contribution in [0.4, 0.5) is 5.95 Å². The molecule has 0 saturated carbocycles. The maximum atomic E-state index is 5.67. The first-order chi connectivity index (χ1) is 9.02. The molecule has 1 saturated heterocycles. The van der Waals surface area contributed by atoms with Crippen molar-refractivity contribution in [3.8, 4) is 12.0 Å². The summed E-state index contributed by atoms with van der Waals surface area (Å²) >= 11 is 0. The molecule has 1 aromatic heterocycles. The van der Waals surface area contributed by atoms with Gasteiger partial charge in [-0.15, -0.1) is 4.98 Å². The molecule has 0 bridgehead atoms. The predicted molar refractivity (Wildman–Crippen MR) is 66.3 cm³/mol. The van der Waals surface area contributed by atoms with Gasteiger partial charge in [0, 0.05) is 6.54 Å². The first-order valence-electron chi connectivity index (χ1n) is 5.92. The van der Waals surface area contributed by atoms with Gasteiger partial charge in [0.15, 0.2) is 5.79 Å². The molecule has 1 fully saturated rings. The zero-order chi connectivity index (χ0) is 13.9. The summed E-state index contributed by atoms with van der Waals surface area (Å²) in [7, 11) is 2.96. The van der Waals surface area contributed by atoms with Crippen molar-refractivity contribution < 1.29 is 18.9 Å². The molecule has 0 aliphatic carbocycles. The van der Waals surface area contributed by atoms with E-state index in [9.17, 15) is 0 Å². The zero-order valence-corrected chi connectivity index (χ0v) is 11.5. The highest BCUT2D eigenvalue weighted by Gasteiger charge is 2.32. The van der Waals surface area contributed by atoms with Crippen LogP contribution in [0, 0.1) is 0 Å². The molecule has 2 rings (SSSR count). The van der Waals surface area contributed by atoms with Crippen LogP contribution >= 0.6 is 0 Å². The topological polar surface area (TPSA) is 87.6 Å². The summed E-state index contributed by atoms with van der Waals surface area (Å²) in [6.45, 7) is 4.81. The van der Waals surface area contributed by atoms with E-state index in [1.54, 1.807) is 0 Å². The average Bonchev–Trinajstić information content (AvgIpc) is 2.75. The Morgan fingerprint density at radius 3 is 2.32 bits per heavy atom. The Morgan fingerprint density at radius 2 is 1.84 bits per heavy atom. The molecule has 8 heteroatoms. The molecule has 1 aliphatic heterocycles. The summed E-state index contributed by atoms with van der Waals surface area (Å²) in [5.41, 5.74) is 0. The molecule has 1 N–H and O–H groups in total. The number of aromatic nitrogens is 3. The highest BCUT2D eigenvalue weighted by atomic mass is 16.7. The van der Waals surface area contributed by atoms with E-state index in [0.29, 0.717) is 19.1 Å². The lowest BCUT2D eigenvalue weighted by Gasteiger charge is -2.17. The van der Waals surface area contributed by atoms with Gasteiger partial charge in [0.25, 0.3) is 0 Å². The van der Waals surface area contributed by atoms with Gasteiger partial charge in [-0.25, -0.2) is 0 Å². The molecule has 0 amide bonds. The molecule has 1 unspecified atom stereocenters. The van der Waals surface area contributed by atoms with Gasteiger partial charge in [-0.2, -0.15) is 9.97 Å². The van der Waals surface area contributed by atoms with Crippen molar-refractivity contribution in [1.29, 1.82) is 0 Å². The number of anilines is 1. The Balaban J connectivity index is 1.96. The number of methoxy groups -OCH3 is 2. The fourth-order valence-corrected chi connectivity index (χ4v) is 1.67. The fraction of sp³-hybridized carbons (Fsp3) is 0.727. The molecule has 19 heavy (non-hydrogen) atoms. The van der Waals surface area contributed by atoms with Crippen LogP contribution in [0.5, 0.6) is 12.0 Å². The zero-order valence-electron chi connectivity index (χ0n) is 11.5. The minimum absolute atomic E-state index is 0.0521. The summed E-state index contributed by atoms with van der Waals surface area (Å²) in [5.74, 6) is -0.169. The lowest BCUT2D eigenvalue weighted by Crippen LogP contribution is -2.26. The minimum atomic E-state index is -0.541. The molecule has 0 spiro atoms. The molecule has 0 radical (unpaired) electrons. The number of nitrogens with one attached hydrogen (secondary N) is 1. The van der Waals surface area contributed by atoms with E-state index in [4.69, 9.17) is 18.9 Å². The molecular formula is C11H18N4O4. The fourth-order valence-electron chi connectivity index (χ4n) is 1.67. The molecule has 8 nitrogen and oxygen atoms in total. The Hall–Kier alpha value is -1.67. The van der Waals surface area contributed by atoms with E-state index in [2.05, 4.69) is 20.3 Å². The number of hydrogen-bond donors (Lipinski definition) is 1. The van der Waals surface area contributed by atoms with Crippen molar-refractivity contribution in [2.75, 3.05) is 32.7 Å². The van der Waals surface area contributed by atoms with E-state index in [1.807, 2.05) is 13.8 Å². The second-order valence-electron chi connectivity index (χ2n) is 4.46. The van der Waals surface area contributed by atoms with E-state index in [1.165, 1.54) is 14.2 Å². The maximum absolute atomic E-state index is 5.67. The second kappa shape index (κ2) is 5.54. The Labute approximate surface area is 111 Å². The molecule has 1 aromatic rings. The summed E-state index contributed by atoms with van der Waals surface area (Å²) in [5, 5.41) is 3.05. The molecular weight excluding hydrogens is 252 g/mol. The normalized spacial score (nSPS) is 21.2. The van der Waals surface area contributed by atoms with Crippen molar-refractivity contribution in [3.63, 3.8) is 0 Å². The van der Waals surface area contributed by atoms with Gasteiger partial charge >= 0.3 is 12.0 Å². The van der Waals surface area contributed by atoms with E-state index in [-0.39, 0.29) is 18.1 Å². The van der Waals surface area contributed by atoms with Crippen LogP contribution in [0.1, 0.15) is 13.8 Å². The molecule has 0 aromatic carbocycles. The van der Waals surface area contributed by atoms with Crippen molar-refractivity contribution in [1.82, 2.24) is 15.0 Å². The standard InChI is InChI=1S/C11H18N4O4/c1-11(2)18-6-7(19-11)5-12-8-13-9(16-3)15-10(14-8)17-4/h7H,5-6H2,1-4H3,(H,12,13,14,15). The van der Waals surface area contributed by atoms with Crippen LogP contribution in [0.15, 0.2) is 0 Å². The number of rotatable bonds is 5. The minimum Gasteiger partial charge on any atom is -0.467 e. The Morgan fingerprint density at radius 1 is 1.21 bits per heavy atom. The average molecular weight is 270 g/mol. The molecule has 1 atom stereocenters. The highest BCUT2D eigenvalue weighted by molar-refractivity contribution is 5.27. The first-order valence-corrected chi connectivity index (χ1v) is 5.92. The third-order valence-electron chi connectivity index (χ3n) is 2.51. The summed E-state index contributed by atoms with van der Waals surface area (Å²) in [4.78, 5) is 12.0. The SMILES string of the molecule is COc1nc(NCC2COC(C)(C)O2)nc(OC)n1. The van der Waals surface area contributed by atoms with Crippen LogP contribution < -0.4 is 14.8 Å². The van der Waals surface area contributed by atoms with Crippen molar-refractivity contribution in [2.45, 2.75) is 25.7 Å². The van der Waals surface area contributed by atoms with Crippen molar-refractivity contribution >= 4 is 5.95 Å². The second-order valence-corrected chi connectivity index (χ2v) is 4.46. The lowest BCUT2D eigenvalue weighted by molar-refractivity contribution is -0.136. The molecule has 2 heterocycles. The number of ether oxygens (including phenoxy) is 4. The van der Waals surface area contributed by atoms with Gasteiger partial charge in [-0.05, 0) is 13.8 Å². The van der Waals surface area contributed by atoms with Crippen LogP contribution in [-0.2, 0) is 9.47 Å². The maximum Gasteiger partial charge on any atom is 0.324 e. The third-order valence-corrected chi connectivity index (χ3v) is 2.51. The van der Waals surface area contributed by atoms with Gasteiger partial charge < -0.3 is 24.3 Å². The van der Waals surface area contributed by atoms with Gasteiger partial charge in [0.05, 0.1) is 20.8 Å². The van der Waals surface area contributed by atoms with Crippen molar-refractivity contribution in [3.05, 3.63) is 0 Å². The first kappa shape index (κ1) is 13.8. The van der Waals surface area contributed by atoms with Gasteiger partial charge in [-0.1, -0.05) is 0 Å². The van der Waals surface area contributed by atoms with Gasteiger partial charge in [-0.3, -0.25) is 0 Å². The summed E-state index contributed by atoms with van der Waals surface area (Å²) < 4.78 is 21.1. The molecule has 106 valence electrons. The summed E-state index contributed by atoms with van der Waals surface area (Å²) in [6, 6.07) is 0.386. The Bertz CT molecular complexity index is 418. The monoisotopic (exact) mass is 270 g/mol. The largest absolute Gasteiger partial charge is 0.467 e. The predicted octanol–water partition coefficient (Wildman–Crippen LogP) is 0.452. The molecule has 1 aliphatic rings. The van der Waals surface area contributed by atoms with Crippen LogP contribution in [0.3, 0.4) is 0 Å². The Kier molecular flexibility index (Phi) is 4.01. The van der Waals surface area contributed by atoms with Crippen LogP contribution in [-0.4, -0.2) is 54.2 Å². The smallest absolute Gasteiger partial charge is 0.324 e.